The summed E-state index contributed by atoms with van der Waals surface area (Å²) < 4.78 is 20.3. The summed E-state index contributed by atoms with van der Waals surface area (Å²) in [5, 5.41) is 12.1. The van der Waals surface area contributed by atoms with Crippen LogP contribution in [-0.2, 0) is 152 Å². The van der Waals surface area contributed by atoms with Crippen LogP contribution in [0.4, 0.5) is 4.39 Å². The first-order chi connectivity index (χ1) is 41.6. The van der Waals surface area contributed by atoms with E-state index in [1.807, 2.05) is 18.2 Å². The molecule has 7 aromatic carbocycles. The number of hydrogen-bond acceptors (Lipinski definition) is 4. The van der Waals surface area contributed by atoms with Gasteiger partial charge < -0.3 is 16.1 Å². The van der Waals surface area contributed by atoms with Gasteiger partial charge in [0, 0.05) is 134 Å². The predicted molar refractivity (Wildman–Crippen MR) is 358 cm³/mol. The van der Waals surface area contributed by atoms with Gasteiger partial charge in [0.1, 0.15) is 12.0 Å². The van der Waals surface area contributed by atoms with E-state index >= 15 is 0 Å². The van der Waals surface area contributed by atoms with E-state index in [1.165, 1.54) is 77.5 Å². The van der Waals surface area contributed by atoms with Crippen LogP contribution in [0.15, 0.2) is 199 Å². The molecule has 88 heavy (non-hydrogen) atoms. The second-order valence-electron chi connectivity index (χ2n) is 24.6. The van der Waals surface area contributed by atoms with E-state index in [-0.39, 0.29) is 121 Å². The first-order valence-corrected chi connectivity index (χ1v) is 33.7. The van der Waals surface area contributed by atoms with E-state index in [0.29, 0.717) is 42.5 Å². The third-order valence-electron chi connectivity index (χ3n) is 18.7. The van der Waals surface area contributed by atoms with Gasteiger partial charge in [0.25, 0.3) is 0 Å². The maximum Gasteiger partial charge on any atom is 0.136 e. The molecule has 0 N–H and O–H groups in total. The first kappa shape index (κ1) is 73.1. The Bertz CT molecular complexity index is 3480. The van der Waals surface area contributed by atoms with Crippen LogP contribution in [0.5, 0.6) is 0 Å². The van der Waals surface area contributed by atoms with Crippen LogP contribution in [0.2, 0.25) is 0 Å². The van der Waals surface area contributed by atoms with Gasteiger partial charge in [-0.05, 0) is 137 Å². The van der Waals surface area contributed by atoms with Crippen molar-refractivity contribution in [2.75, 3.05) is 6.61 Å². The monoisotopic (exact) mass is 1470 g/mol. The third kappa shape index (κ3) is 20.8. The van der Waals surface area contributed by atoms with Crippen molar-refractivity contribution in [2.45, 2.75) is 140 Å². The molecule has 2 fully saturated rings. The molecule has 12 rings (SSSR count). The van der Waals surface area contributed by atoms with Crippen LogP contribution in [0.25, 0.3) is 21.5 Å². The van der Waals surface area contributed by atoms with Crippen molar-refractivity contribution in [1.29, 1.82) is 0 Å². The Kier molecular flexibility index (Phi) is 31.2. The number of alkyl halides is 2. The van der Waals surface area contributed by atoms with Crippen LogP contribution < -0.4 is 0 Å². The molecule has 2 nitrogen and oxygen atoms in total. The molecule has 0 bridgehead atoms. The average molecular weight is 1470 g/mol. The smallest absolute Gasteiger partial charge is 0.136 e. The molecule has 0 saturated heterocycles. The molecule has 9 aromatic rings. The molecule has 2 saturated carbocycles. The summed E-state index contributed by atoms with van der Waals surface area (Å²) in [5.74, 6) is 2.89. The summed E-state index contributed by atoms with van der Waals surface area (Å²) >= 11 is 16.4. The van der Waals surface area contributed by atoms with Crippen molar-refractivity contribution in [1.82, 2.24) is 0 Å². The molecular weight excluding hydrogens is 1390 g/mol. The van der Waals surface area contributed by atoms with E-state index in [4.69, 9.17) is 27.9 Å². The minimum atomic E-state index is -0.853. The van der Waals surface area contributed by atoms with Crippen LogP contribution in [0.3, 0.4) is 0 Å². The van der Waals surface area contributed by atoms with E-state index in [1.54, 1.807) is 22.7 Å². The molecule has 2 unspecified atom stereocenters. The van der Waals surface area contributed by atoms with Crippen molar-refractivity contribution < 1.29 is 112 Å². The number of rotatable bonds is 23. The number of Topliss-reactive ketones (excluding diaryl/α,β-unsaturated/α-hetero) is 1. The largest absolute Gasteiger partial charge is 0.389 e. The summed E-state index contributed by atoms with van der Waals surface area (Å²) in [6.07, 6.45) is 17.6. The second-order valence-corrected chi connectivity index (χ2v) is 27.4. The Balaban J connectivity index is 0.000000186. The molecule has 0 amide bonds. The maximum atomic E-state index is 14.3. The molecule has 3 radical (unpaired) electrons. The zero-order chi connectivity index (χ0) is 58.8. The van der Waals surface area contributed by atoms with Gasteiger partial charge in [-0.2, -0.15) is 54.1 Å². The minimum absolute atomic E-state index is 0. The number of ketones is 1. The second kappa shape index (κ2) is 37.5. The number of halogens is 3. The summed E-state index contributed by atoms with van der Waals surface area (Å²) in [6.45, 7) is 6.02. The third-order valence-corrected chi connectivity index (χ3v) is 21.4. The van der Waals surface area contributed by atoms with Gasteiger partial charge in [0.05, 0.1) is 5.38 Å². The van der Waals surface area contributed by atoms with Crippen LogP contribution in [0, 0.1) is 52.3 Å². The molecule has 2 heterocycles. The van der Waals surface area contributed by atoms with E-state index in [2.05, 4.69) is 207 Å². The molecule has 3 aliphatic carbocycles. The normalized spacial score (nSPS) is 20.4. The van der Waals surface area contributed by atoms with Gasteiger partial charge in [-0.15, -0.1) is 32.1 Å². The van der Waals surface area contributed by atoms with E-state index in [9.17, 15) is 9.18 Å². The van der Waals surface area contributed by atoms with Gasteiger partial charge in [-0.1, -0.05) is 210 Å². The van der Waals surface area contributed by atoms with Crippen molar-refractivity contribution >= 4 is 73.2 Å². The molecule has 0 aliphatic heterocycles. The van der Waals surface area contributed by atoms with Crippen LogP contribution in [-0.4, -0.2) is 23.9 Å². The summed E-state index contributed by atoms with van der Waals surface area (Å²) in [4.78, 5) is 15.1. The van der Waals surface area contributed by atoms with Crippen molar-refractivity contribution in [3.05, 3.63) is 259 Å². The van der Waals surface area contributed by atoms with Gasteiger partial charge in [0.15, 0.2) is 0 Å². The van der Waals surface area contributed by atoms with Crippen molar-refractivity contribution in [3.8, 4) is 0 Å². The van der Waals surface area contributed by atoms with Gasteiger partial charge >= 0.3 is 0 Å². The number of thiophene rings is 2. The standard InChI is InChI=1S/C28H30ClOS.C26H27O.C24H25ClFS.3Y/c1-28(2,23-7-4-3-5-8-23)24-14-10-21(11-15-24)12-16-26-22(13-17-27(26)29)19-30-20-25-9-6-18-31-25;27-26-19-17-23(12-6-10-20-8-2-1-3-9-20)25(26)18-16-22-14-7-13-21-11-4-5-15-24(21)22;25-24-22(13-11-17-10-12-18-5-1-2-6-19(18)15-17)20(16-23(24)26)7-3-8-21-9-4-14-27-21;;;/h3-11,14-15,17,22,26H,12-13,16,19-20H2,1-2H3;1-2,4-5,7-9,11,13-15,23,25H,6,10,12,16-19H2;1-2,4-6,9-10,12,15,20,22-24H,3,7-8,11,13,16H2;;;/q3*-1;;;/t22-,26-;23-,25+;20-,22+,23?,24?;;;/m100.../s1. The van der Waals surface area contributed by atoms with Gasteiger partial charge in [-0.25, -0.2) is 10.5 Å². The number of aryl methyl sites for hydroxylation is 5. The van der Waals surface area contributed by atoms with Gasteiger partial charge in [-0.3, -0.25) is 16.1 Å². The first-order valence-electron chi connectivity index (χ1n) is 31.2. The fourth-order valence-corrected chi connectivity index (χ4v) is 15.7. The topological polar surface area (TPSA) is 26.3 Å². The number of allylic oxidation sites excluding steroid dienone is 2. The SMILES string of the molecule is CC(C)(c1ccccc1)c1ccc(CC[C@H]2C(Cl)=CC[C@@H]2COCc2cc[c-]s2)cc1.FC1C[C@H](CCCc2cc[c-]s2)[C@@H](CCc2ccc3ccccc3c2)C1Cl.O=C1CC[C@H](CCCc2c[c-]ccc2)[C@H]1CCc1cccc2ccccc12.[Y].[Y].[Y]. The Morgan fingerprint density at radius 3 is 2.00 bits per heavy atom. The van der Waals surface area contributed by atoms with Crippen molar-refractivity contribution in [2.24, 2.45) is 35.5 Å². The molecule has 0 spiro atoms. The number of carbonyl (C=O) groups excluding carboxylic acids is 1. The van der Waals surface area contributed by atoms with Gasteiger partial charge in [0.2, 0.25) is 0 Å². The molecule has 451 valence electrons. The van der Waals surface area contributed by atoms with Crippen LogP contribution >= 0.6 is 45.9 Å². The molecule has 8 atom stereocenters. The minimum Gasteiger partial charge on any atom is -0.389 e. The zero-order valence-corrected chi connectivity index (χ0v) is 63.0. The van der Waals surface area contributed by atoms with Crippen LogP contribution in [0.1, 0.15) is 128 Å². The number of carbonyl (C=O) groups is 1. The quantitative estimate of drug-likeness (QED) is 0.0471. The van der Waals surface area contributed by atoms with E-state index in [0.717, 1.165) is 95.1 Å². The summed E-state index contributed by atoms with van der Waals surface area (Å²) in [5.41, 5.74) is 8.12. The van der Waals surface area contributed by atoms with E-state index < -0.39 is 6.17 Å². The number of fused-ring (bicyclic) bond motifs is 2. The van der Waals surface area contributed by atoms with Crippen molar-refractivity contribution in [3.63, 3.8) is 0 Å². The Labute approximate surface area is 619 Å². The molecule has 3 aliphatic rings. The number of hydrogen-bond donors (Lipinski definition) is 0. The molecule has 10 heteroatoms. The summed E-state index contributed by atoms with van der Waals surface area (Å²) in [6, 6.07) is 69.6. The zero-order valence-electron chi connectivity index (χ0n) is 51.3. The summed E-state index contributed by atoms with van der Waals surface area (Å²) in [7, 11) is 0. The molecular formula is C78H82Cl2FO2S2Y3-3. The maximum absolute atomic E-state index is 14.3. The number of ether oxygens (including phenoxy) is 1. The Morgan fingerprint density at radius 2 is 1.25 bits per heavy atom. The fraction of sp³-hybridized carbons (Fsp3) is 0.372. The number of benzene rings is 7. The fourth-order valence-electron chi connectivity index (χ4n) is 13.7. The predicted octanol–water partition coefficient (Wildman–Crippen LogP) is 21.2. The average Bonchev–Trinajstić information content (AvgIpc) is 4.55. The molecule has 2 aromatic heterocycles. The Morgan fingerprint density at radius 1 is 0.591 bits per heavy atom. The Hall–Kier alpha value is -2.35.